The Hall–Kier alpha value is -2.65. The van der Waals surface area contributed by atoms with E-state index in [2.05, 4.69) is 27.1 Å². The minimum absolute atomic E-state index is 0.312. The largest absolute Gasteiger partial charge is 0.383 e. The van der Waals surface area contributed by atoms with Crippen LogP contribution in [-0.2, 0) is 13.0 Å². The van der Waals surface area contributed by atoms with Crippen molar-refractivity contribution in [2.75, 3.05) is 5.73 Å². The van der Waals surface area contributed by atoms with Crippen molar-refractivity contribution in [1.82, 2.24) is 9.78 Å². The van der Waals surface area contributed by atoms with E-state index in [9.17, 15) is 9.65 Å². The molecule has 1 aromatic heterocycles. The van der Waals surface area contributed by atoms with Gasteiger partial charge in [0.1, 0.15) is 23.3 Å². The number of aromatic nitrogens is 2. The number of benzene rings is 2. The third-order valence-corrected chi connectivity index (χ3v) is 4.21. The molecule has 24 heavy (non-hydrogen) atoms. The quantitative estimate of drug-likeness (QED) is 0.741. The molecule has 120 valence electrons. The summed E-state index contributed by atoms with van der Waals surface area (Å²) in [7, 11) is 0. The number of rotatable bonds is 4. The Labute approximate surface area is 147 Å². The average molecular weight is 385 g/mol. The summed E-state index contributed by atoms with van der Waals surface area (Å²) in [5.74, 6) is 0.0140. The SMILES string of the molecule is N#Cc1c(Cc2cccc(F)c2)nn(Cc2ccc(Br)cc2)c1N. The molecule has 0 unspecified atom stereocenters. The Kier molecular flexibility index (Phi) is 4.63. The van der Waals surface area contributed by atoms with Crippen LogP contribution in [0.25, 0.3) is 0 Å². The van der Waals surface area contributed by atoms with Crippen molar-refractivity contribution in [2.45, 2.75) is 13.0 Å². The van der Waals surface area contributed by atoms with Gasteiger partial charge < -0.3 is 5.73 Å². The maximum Gasteiger partial charge on any atom is 0.140 e. The average Bonchev–Trinajstić information content (AvgIpc) is 2.84. The van der Waals surface area contributed by atoms with Gasteiger partial charge in [0.15, 0.2) is 0 Å². The maximum absolute atomic E-state index is 13.3. The zero-order chi connectivity index (χ0) is 17.1. The molecule has 0 saturated carbocycles. The first-order valence-electron chi connectivity index (χ1n) is 7.31. The van der Waals surface area contributed by atoms with Crippen LogP contribution >= 0.6 is 15.9 Å². The third-order valence-electron chi connectivity index (χ3n) is 3.68. The van der Waals surface area contributed by atoms with E-state index in [1.54, 1.807) is 16.8 Å². The molecule has 0 aliphatic carbocycles. The van der Waals surface area contributed by atoms with Crippen molar-refractivity contribution >= 4 is 21.7 Å². The highest BCUT2D eigenvalue weighted by atomic mass is 79.9. The lowest BCUT2D eigenvalue weighted by Crippen LogP contribution is -2.06. The molecular weight excluding hydrogens is 371 g/mol. The summed E-state index contributed by atoms with van der Waals surface area (Å²) in [6.07, 6.45) is 0.359. The molecular formula is C18H14BrFN4. The van der Waals surface area contributed by atoms with E-state index in [0.29, 0.717) is 30.0 Å². The number of hydrogen-bond donors (Lipinski definition) is 1. The monoisotopic (exact) mass is 384 g/mol. The van der Waals surface area contributed by atoms with Crippen molar-refractivity contribution in [3.05, 3.63) is 81.2 Å². The summed E-state index contributed by atoms with van der Waals surface area (Å²) < 4.78 is 15.9. The molecule has 0 bridgehead atoms. The molecule has 0 spiro atoms. The van der Waals surface area contributed by atoms with Crippen molar-refractivity contribution in [2.24, 2.45) is 0 Å². The van der Waals surface area contributed by atoms with Crippen LogP contribution in [0.5, 0.6) is 0 Å². The van der Waals surface area contributed by atoms with Crippen LogP contribution in [0.3, 0.4) is 0 Å². The molecule has 0 aliphatic heterocycles. The molecule has 6 heteroatoms. The first-order chi connectivity index (χ1) is 11.6. The fraction of sp³-hybridized carbons (Fsp3) is 0.111. The number of hydrogen-bond acceptors (Lipinski definition) is 3. The standard InChI is InChI=1S/C18H14BrFN4/c19-14-6-4-12(5-7-14)11-24-18(22)16(10-21)17(23-24)9-13-2-1-3-15(20)8-13/h1-8H,9,11,22H2. The van der Waals surface area contributed by atoms with Crippen molar-refractivity contribution in [3.63, 3.8) is 0 Å². The predicted molar refractivity (Wildman–Crippen MR) is 93.8 cm³/mol. The van der Waals surface area contributed by atoms with Crippen molar-refractivity contribution < 1.29 is 4.39 Å². The van der Waals surface area contributed by atoms with Gasteiger partial charge in [0.25, 0.3) is 0 Å². The summed E-state index contributed by atoms with van der Waals surface area (Å²) in [5, 5.41) is 13.8. The van der Waals surface area contributed by atoms with E-state index in [1.807, 2.05) is 24.3 Å². The molecule has 3 aromatic rings. The number of nitrogens with two attached hydrogens (primary N) is 1. The molecule has 2 aromatic carbocycles. The van der Waals surface area contributed by atoms with Gasteiger partial charge in [0.05, 0.1) is 12.2 Å². The first kappa shape index (κ1) is 16.2. The Balaban J connectivity index is 1.91. The van der Waals surface area contributed by atoms with Gasteiger partial charge in [-0.15, -0.1) is 0 Å². The lowest BCUT2D eigenvalue weighted by atomic mass is 10.1. The van der Waals surface area contributed by atoms with E-state index >= 15 is 0 Å². The van der Waals surface area contributed by atoms with Gasteiger partial charge in [0.2, 0.25) is 0 Å². The van der Waals surface area contributed by atoms with E-state index in [-0.39, 0.29) is 5.82 Å². The number of nitrogens with zero attached hydrogens (tertiary/aromatic N) is 3. The van der Waals surface area contributed by atoms with Gasteiger partial charge in [-0.1, -0.05) is 40.2 Å². The summed E-state index contributed by atoms with van der Waals surface area (Å²) >= 11 is 3.39. The minimum Gasteiger partial charge on any atom is -0.383 e. The van der Waals surface area contributed by atoms with Crippen LogP contribution in [0, 0.1) is 17.1 Å². The predicted octanol–water partition coefficient (Wildman–Crippen LogP) is 3.88. The van der Waals surface area contributed by atoms with Gasteiger partial charge in [0, 0.05) is 10.9 Å². The Morgan fingerprint density at radius 3 is 2.58 bits per heavy atom. The van der Waals surface area contributed by atoms with Gasteiger partial charge in [-0.2, -0.15) is 10.4 Å². The fourth-order valence-corrected chi connectivity index (χ4v) is 2.76. The minimum atomic E-state index is -0.312. The van der Waals surface area contributed by atoms with Gasteiger partial charge in [-0.3, -0.25) is 0 Å². The molecule has 2 N–H and O–H groups in total. The third kappa shape index (κ3) is 3.47. The number of halogens is 2. The van der Waals surface area contributed by atoms with Gasteiger partial charge >= 0.3 is 0 Å². The van der Waals surface area contributed by atoms with E-state index in [4.69, 9.17) is 5.73 Å². The second kappa shape index (κ2) is 6.85. The molecule has 0 amide bonds. The van der Waals surface area contributed by atoms with E-state index < -0.39 is 0 Å². The second-order valence-corrected chi connectivity index (χ2v) is 6.33. The van der Waals surface area contributed by atoms with Crippen LogP contribution in [0.1, 0.15) is 22.4 Å². The molecule has 0 atom stereocenters. The summed E-state index contributed by atoms with van der Waals surface area (Å²) in [5.41, 5.74) is 8.74. The summed E-state index contributed by atoms with van der Waals surface area (Å²) in [4.78, 5) is 0. The molecule has 4 nitrogen and oxygen atoms in total. The highest BCUT2D eigenvalue weighted by Gasteiger charge is 2.16. The summed E-state index contributed by atoms with van der Waals surface area (Å²) in [6.45, 7) is 0.469. The lowest BCUT2D eigenvalue weighted by molar-refractivity contribution is 0.625. The zero-order valence-electron chi connectivity index (χ0n) is 12.7. The van der Waals surface area contributed by atoms with Gasteiger partial charge in [-0.05, 0) is 35.4 Å². The first-order valence-corrected chi connectivity index (χ1v) is 8.10. The zero-order valence-corrected chi connectivity index (χ0v) is 14.3. The van der Waals surface area contributed by atoms with E-state index in [0.717, 1.165) is 15.6 Å². The Morgan fingerprint density at radius 2 is 1.92 bits per heavy atom. The molecule has 1 heterocycles. The van der Waals surface area contributed by atoms with Crippen molar-refractivity contribution in [1.29, 1.82) is 5.26 Å². The second-order valence-electron chi connectivity index (χ2n) is 5.41. The Morgan fingerprint density at radius 1 is 1.17 bits per heavy atom. The highest BCUT2D eigenvalue weighted by Crippen LogP contribution is 2.21. The molecule has 0 fully saturated rings. The van der Waals surface area contributed by atoms with Crippen LogP contribution < -0.4 is 5.73 Å². The maximum atomic E-state index is 13.3. The van der Waals surface area contributed by atoms with Crippen LogP contribution in [0.15, 0.2) is 53.0 Å². The highest BCUT2D eigenvalue weighted by molar-refractivity contribution is 9.10. The smallest absolute Gasteiger partial charge is 0.140 e. The van der Waals surface area contributed by atoms with Crippen LogP contribution in [0.4, 0.5) is 10.2 Å². The molecule has 0 aliphatic rings. The van der Waals surface area contributed by atoms with Gasteiger partial charge in [-0.25, -0.2) is 9.07 Å². The van der Waals surface area contributed by atoms with Crippen LogP contribution in [0.2, 0.25) is 0 Å². The Bertz CT molecular complexity index is 910. The molecule has 0 radical (unpaired) electrons. The molecule has 0 saturated heterocycles. The normalized spacial score (nSPS) is 10.5. The fourth-order valence-electron chi connectivity index (χ4n) is 2.50. The molecule has 3 rings (SSSR count). The van der Waals surface area contributed by atoms with E-state index in [1.165, 1.54) is 12.1 Å². The lowest BCUT2D eigenvalue weighted by Gasteiger charge is -2.04. The number of anilines is 1. The number of nitriles is 1. The summed E-state index contributed by atoms with van der Waals surface area (Å²) in [6, 6.07) is 16.2. The number of nitrogen functional groups attached to an aromatic ring is 1. The van der Waals surface area contributed by atoms with Crippen molar-refractivity contribution in [3.8, 4) is 6.07 Å². The topological polar surface area (TPSA) is 67.6 Å². The van der Waals surface area contributed by atoms with Crippen LogP contribution in [-0.4, -0.2) is 9.78 Å².